The lowest BCUT2D eigenvalue weighted by atomic mass is 9.77. The van der Waals surface area contributed by atoms with Crippen molar-refractivity contribution >= 4 is 0 Å². The second-order valence-electron chi connectivity index (χ2n) is 8.17. The Morgan fingerprint density at radius 2 is 1.78 bits per heavy atom. The van der Waals surface area contributed by atoms with Crippen molar-refractivity contribution < 1.29 is 0 Å². The molecule has 27 heavy (non-hydrogen) atoms. The Labute approximate surface area is 164 Å². The maximum Gasteiger partial charge on any atom is 0.0991 e. The lowest BCUT2D eigenvalue weighted by Crippen LogP contribution is -2.16. The highest BCUT2D eigenvalue weighted by Gasteiger charge is 2.21. The van der Waals surface area contributed by atoms with Gasteiger partial charge in [-0.15, -0.1) is 0 Å². The van der Waals surface area contributed by atoms with Crippen LogP contribution < -0.4 is 0 Å². The first kappa shape index (κ1) is 19.6. The fraction of sp³-hybridized carbons (Fsp3) is 0.520. The number of aromatic nitrogens is 1. The van der Waals surface area contributed by atoms with Crippen molar-refractivity contribution in [3.8, 4) is 17.3 Å². The Morgan fingerprint density at radius 3 is 2.44 bits per heavy atom. The summed E-state index contributed by atoms with van der Waals surface area (Å²) in [5.41, 5.74) is 4.09. The monoisotopic (exact) mass is 360 g/mol. The molecule has 2 nitrogen and oxygen atoms in total. The molecule has 0 N–H and O–H groups in total. The highest BCUT2D eigenvalue weighted by Crippen LogP contribution is 2.34. The predicted molar refractivity (Wildman–Crippen MR) is 112 cm³/mol. The average molecular weight is 361 g/mol. The lowest BCUT2D eigenvalue weighted by Gasteiger charge is -2.29. The summed E-state index contributed by atoms with van der Waals surface area (Å²) in [5.74, 6) is 1.88. The molecule has 1 saturated carbocycles. The van der Waals surface area contributed by atoms with Crippen molar-refractivity contribution in [1.29, 1.82) is 5.26 Å². The van der Waals surface area contributed by atoms with E-state index in [0.717, 1.165) is 29.5 Å². The van der Waals surface area contributed by atoms with Gasteiger partial charge in [0.25, 0.3) is 0 Å². The average Bonchev–Trinajstić information content (AvgIpc) is 2.73. The van der Waals surface area contributed by atoms with Crippen molar-refractivity contribution in [1.82, 2.24) is 4.98 Å². The normalized spacial score (nSPS) is 19.6. The molecule has 2 heteroatoms. The summed E-state index contributed by atoms with van der Waals surface area (Å²) < 4.78 is 0. The number of aryl methyl sites for hydroxylation is 1. The van der Waals surface area contributed by atoms with E-state index in [-0.39, 0.29) is 0 Å². The molecular weight excluding hydrogens is 328 g/mol. The number of hydrogen-bond acceptors (Lipinski definition) is 2. The molecule has 2 atom stereocenters. The van der Waals surface area contributed by atoms with E-state index in [1.807, 2.05) is 30.5 Å². The first-order chi connectivity index (χ1) is 13.3. The van der Waals surface area contributed by atoms with Gasteiger partial charge in [-0.05, 0) is 54.9 Å². The summed E-state index contributed by atoms with van der Waals surface area (Å²) in [7, 11) is 0. The van der Waals surface area contributed by atoms with Crippen LogP contribution in [0, 0.1) is 23.2 Å². The van der Waals surface area contributed by atoms with Gasteiger partial charge in [0.2, 0.25) is 0 Å². The molecule has 0 radical (unpaired) electrons. The third kappa shape index (κ3) is 5.93. The second kappa shape index (κ2) is 10.3. The third-order valence-corrected chi connectivity index (χ3v) is 6.08. The maximum atomic E-state index is 8.91. The summed E-state index contributed by atoms with van der Waals surface area (Å²) in [4.78, 5) is 4.65. The van der Waals surface area contributed by atoms with E-state index < -0.39 is 0 Å². The largest absolute Gasteiger partial charge is 0.256 e. The van der Waals surface area contributed by atoms with Gasteiger partial charge in [-0.25, -0.2) is 0 Å². The van der Waals surface area contributed by atoms with Gasteiger partial charge in [-0.3, -0.25) is 4.98 Å². The molecule has 1 aliphatic rings. The molecule has 1 aromatic heterocycles. The number of rotatable bonds is 8. The molecule has 0 spiro atoms. The minimum Gasteiger partial charge on any atom is -0.256 e. The van der Waals surface area contributed by atoms with Crippen molar-refractivity contribution in [2.45, 2.75) is 71.1 Å². The molecule has 1 fully saturated rings. The number of unbranched alkanes of at least 4 members (excludes halogenated alkanes) is 2. The number of nitrogens with zero attached hydrogens (tertiary/aromatic N) is 2. The molecule has 0 aliphatic heterocycles. The summed E-state index contributed by atoms with van der Waals surface area (Å²) in [5, 5.41) is 8.91. The van der Waals surface area contributed by atoms with Gasteiger partial charge in [0.15, 0.2) is 0 Å². The highest BCUT2D eigenvalue weighted by molar-refractivity contribution is 5.60. The Bertz CT molecular complexity index is 724. The van der Waals surface area contributed by atoms with Crippen LogP contribution in [-0.2, 0) is 6.42 Å². The van der Waals surface area contributed by atoms with E-state index in [1.54, 1.807) is 0 Å². The molecule has 2 aromatic rings. The van der Waals surface area contributed by atoms with Gasteiger partial charge in [0.1, 0.15) is 0 Å². The summed E-state index contributed by atoms with van der Waals surface area (Å²) in [6.45, 7) is 2.30. The summed E-state index contributed by atoms with van der Waals surface area (Å²) in [6.07, 6.45) is 15.9. The Morgan fingerprint density at radius 1 is 1.00 bits per heavy atom. The third-order valence-electron chi connectivity index (χ3n) is 6.08. The molecule has 142 valence electrons. The molecule has 1 heterocycles. The van der Waals surface area contributed by atoms with Gasteiger partial charge in [-0.2, -0.15) is 5.26 Å². The smallest absolute Gasteiger partial charge is 0.0991 e. The first-order valence-electron chi connectivity index (χ1n) is 10.7. The zero-order valence-corrected chi connectivity index (χ0v) is 16.7. The van der Waals surface area contributed by atoms with E-state index in [0.29, 0.717) is 5.56 Å². The van der Waals surface area contributed by atoms with Crippen LogP contribution in [0.25, 0.3) is 11.3 Å². The number of nitriles is 1. The first-order valence-corrected chi connectivity index (χ1v) is 10.7. The Hall–Kier alpha value is -2.14. The minimum absolute atomic E-state index is 0.691. The fourth-order valence-electron chi connectivity index (χ4n) is 4.44. The zero-order chi connectivity index (χ0) is 18.9. The standard InChI is InChI=1S/C25H32N2/c1-2-3-4-6-20-7-5-8-21(17-20)9-10-23-13-16-25(27-19-23)24-14-11-22(18-26)12-15-24/h11-16,19-21H,2-10,17H2,1H3. The van der Waals surface area contributed by atoms with Gasteiger partial charge < -0.3 is 0 Å². The van der Waals surface area contributed by atoms with Crippen LogP contribution in [0.4, 0.5) is 0 Å². The second-order valence-corrected chi connectivity index (χ2v) is 8.17. The molecule has 0 amide bonds. The lowest BCUT2D eigenvalue weighted by molar-refractivity contribution is 0.240. The molecular formula is C25H32N2. The Kier molecular flexibility index (Phi) is 7.45. The van der Waals surface area contributed by atoms with E-state index in [2.05, 4.69) is 30.1 Å². The van der Waals surface area contributed by atoms with Gasteiger partial charge in [0, 0.05) is 11.8 Å². The van der Waals surface area contributed by atoms with E-state index in [9.17, 15) is 0 Å². The summed E-state index contributed by atoms with van der Waals surface area (Å²) in [6, 6.07) is 14.2. The molecule has 1 aromatic carbocycles. The molecule has 1 aliphatic carbocycles. The molecule has 0 saturated heterocycles. The van der Waals surface area contributed by atoms with Crippen molar-refractivity contribution in [2.75, 3.05) is 0 Å². The van der Waals surface area contributed by atoms with Crippen LogP contribution in [0.15, 0.2) is 42.6 Å². The van der Waals surface area contributed by atoms with Crippen LogP contribution in [0.5, 0.6) is 0 Å². The number of pyridine rings is 1. The maximum absolute atomic E-state index is 8.91. The van der Waals surface area contributed by atoms with E-state index in [4.69, 9.17) is 5.26 Å². The molecule has 2 unspecified atom stereocenters. The number of hydrogen-bond donors (Lipinski definition) is 0. The fourth-order valence-corrected chi connectivity index (χ4v) is 4.44. The van der Waals surface area contributed by atoms with Gasteiger partial charge in [0.05, 0.1) is 17.3 Å². The van der Waals surface area contributed by atoms with Crippen molar-refractivity contribution in [2.24, 2.45) is 11.8 Å². The zero-order valence-electron chi connectivity index (χ0n) is 16.7. The van der Waals surface area contributed by atoms with Crippen LogP contribution in [0.1, 0.15) is 75.8 Å². The van der Waals surface area contributed by atoms with Crippen LogP contribution in [0.2, 0.25) is 0 Å². The van der Waals surface area contributed by atoms with Gasteiger partial charge in [-0.1, -0.05) is 70.1 Å². The van der Waals surface area contributed by atoms with E-state index in [1.165, 1.54) is 63.4 Å². The minimum atomic E-state index is 0.691. The highest BCUT2D eigenvalue weighted by atomic mass is 14.7. The molecule has 0 bridgehead atoms. The van der Waals surface area contributed by atoms with Crippen LogP contribution >= 0.6 is 0 Å². The Balaban J connectivity index is 1.49. The predicted octanol–water partition coefficient (Wildman–Crippen LogP) is 6.94. The van der Waals surface area contributed by atoms with Crippen molar-refractivity contribution in [3.05, 3.63) is 53.7 Å². The summed E-state index contributed by atoms with van der Waals surface area (Å²) >= 11 is 0. The van der Waals surface area contributed by atoms with E-state index >= 15 is 0 Å². The van der Waals surface area contributed by atoms with Crippen LogP contribution in [-0.4, -0.2) is 4.98 Å². The quantitative estimate of drug-likeness (QED) is 0.478. The number of benzene rings is 1. The van der Waals surface area contributed by atoms with Crippen LogP contribution in [0.3, 0.4) is 0 Å². The topological polar surface area (TPSA) is 36.7 Å². The molecule has 3 rings (SSSR count). The SMILES string of the molecule is CCCCCC1CCCC(CCc2ccc(-c3ccc(C#N)cc3)nc2)C1. The van der Waals surface area contributed by atoms with Crippen molar-refractivity contribution in [3.63, 3.8) is 0 Å². The van der Waals surface area contributed by atoms with Gasteiger partial charge >= 0.3 is 0 Å².